The van der Waals surface area contributed by atoms with Gasteiger partial charge in [-0.15, -0.1) is 11.3 Å². The lowest BCUT2D eigenvalue weighted by molar-refractivity contribution is 0.0376. The quantitative estimate of drug-likeness (QED) is 0.319. The molecule has 33 heavy (non-hydrogen) atoms. The lowest BCUT2D eigenvalue weighted by Gasteiger charge is -2.27. The van der Waals surface area contributed by atoms with Crippen LogP contribution < -0.4 is 4.90 Å². The minimum atomic E-state index is -0.0734. The number of hydrogen-bond acceptors (Lipinski definition) is 6. The van der Waals surface area contributed by atoms with E-state index in [1.807, 2.05) is 29.2 Å². The maximum absolute atomic E-state index is 13.8. The molecule has 0 bridgehead atoms. The fraction of sp³-hybridized carbons (Fsp3) is 0.360. The highest BCUT2D eigenvalue weighted by Crippen LogP contribution is 2.38. The van der Waals surface area contributed by atoms with Gasteiger partial charge in [-0.3, -0.25) is 14.6 Å². The van der Waals surface area contributed by atoms with Crippen LogP contribution in [-0.2, 0) is 4.74 Å². The van der Waals surface area contributed by atoms with Crippen LogP contribution in [0.5, 0.6) is 0 Å². The molecule has 1 aliphatic rings. The topological polar surface area (TPSA) is 45.7 Å². The second-order valence-electron chi connectivity index (χ2n) is 8.41. The lowest BCUT2D eigenvalue weighted by atomic mass is 10.1. The van der Waals surface area contributed by atoms with Crippen LogP contribution in [-0.4, -0.2) is 55.2 Å². The van der Waals surface area contributed by atoms with Gasteiger partial charge >= 0.3 is 0 Å². The number of benzene rings is 2. The Balaban J connectivity index is 1.47. The average Bonchev–Trinajstić information content (AvgIpc) is 3.38. The standard InChI is InChI=1S/C25H26ClN3O2S2/c1-16-14-19-21(15-17(16)2)33-25(27-19)29(9-5-8-28-10-12-31-13-11-28)24(30)23-22(26)18-6-3-4-7-20(18)32-23/h3-4,6-7,14-15H,5,8-13H2,1-2H3. The van der Waals surface area contributed by atoms with Crippen molar-refractivity contribution < 1.29 is 9.53 Å². The molecule has 0 saturated carbocycles. The number of fused-ring (bicyclic) bond motifs is 2. The monoisotopic (exact) mass is 499 g/mol. The fourth-order valence-corrected chi connectivity index (χ4v) is 6.65. The van der Waals surface area contributed by atoms with E-state index in [0.29, 0.717) is 16.4 Å². The summed E-state index contributed by atoms with van der Waals surface area (Å²) in [5, 5.41) is 2.19. The van der Waals surface area contributed by atoms with Gasteiger partial charge in [-0.25, -0.2) is 4.98 Å². The average molecular weight is 500 g/mol. The van der Waals surface area contributed by atoms with E-state index in [0.717, 1.165) is 64.7 Å². The molecule has 0 N–H and O–H groups in total. The largest absolute Gasteiger partial charge is 0.379 e. The van der Waals surface area contributed by atoms with Gasteiger partial charge in [-0.2, -0.15) is 0 Å². The maximum atomic E-state index is 13.8. The number of carbonyl (C=O) groups is 1. The minimum absolute atomic E-state index is 0.0734. The Bertz CT molecular complexity index is 1270. The van der Waals surface area contributed by atoms with E-state index in [1.165, 1.54) is 22.5 Å². The number of ether oxygens (including phenoxy) is 1. The number of carbonyl (C=O) groups excluding carboxylic acids is 1. The van der Waals surface area contributed by atoms with E-state index in [2.05, 4.69) is 30.9 Å². The molecule has 0 aliphatic carbocycles. The summed E-state index contributed by atoms with van der Waals surface area (Å²) < 4.78 is 7.58. The Hall–Kier alpha value is -2.03. The number of thiophene rings is 1. The first-order valence-electron chi connectivity index (χ1n) is 11.2. The van der Waals surface area contributed by atoms with Gasteiger partial charge in [-0.1, -0.05) is 41.1 Å². The molecular formula is C25H26ClN3O2S2. The van der Waals surface area contributed by atoms with Gasteiger partial charge in [0.25, 0.3) is 5.91 Å². The molecule has 1 amide bonds. The third kappa shape index (κ3) is 4.66. The number of thiazole rings is 1. The second kappa shape index (κ2) is 9.68. The van der Waals surface area contributed by atoms with E-state index in [-0.39, 0.29) is 5.91 Å². The van der Waals surface area contributed by atoms with Crippen LogP contribution in [0.15, 0.2) is 36.4 Å². The number of aryl methyl sites for hydroxylation is 2. The van der Waals surface area contributed by atoms with Crippen molar-refractivity contribution in [3.05, 3.63) is 57.4 Å². The molecule has 0 unspecified atom stereocenters. The Morgan fingerprint density at radius 3 is 2.67 bits per heavy atom. The molecule has 1 aliphatic heterocycles. The molecule has 1 saturated heterocycles. The van der Waals surface area contributed by atoms with Crippen molar-refractivity contribution in [2.24, 2.45) is 0 Å². The zero-order valence-corrected chi connectivity index (χ0v) is 21.2. The summed E-state index contributed by atoms with van der Waals surface area (Å²) in [5.74, 6) is -0.0734. The first-order chi connectivity index (χ1) is 16.0. The Morgan fingerprint density at radius 2 is 1.88 bits per heavy atom. The summed E-state index contributed by atoms with van der Waals surface area (Å²) in [4.78, 5) is 23.5. The number of nitrogens with zero attached hydrogens (tertiary/aromatic N) is 3. The number of rotatable bonds is 6. The minimum Gasteiger partial charge on any atom is -0.379 e. The fourth-order valence-electron chi connectivity index (χ4n) is 4.12. The molecule has 8 heteroatoms. The molecule has 0 spiro atoms. The Kier molecular flexibility index (Phi) is 6.67. The molecule has 0 atom stereocenters. The van der Waals surface area contributed by atoms with Crippen molar-refractivity contribution in [1.29, 1.82) is 0 Å². The van der Waals surface area contributed by atoms with E-state index in [1.54, 1.807) is 11.3 Å². The van der Waals surface area contributed by atoms with Gasteiger partial charge in [0.1, 0.15) is 4.88 Å². The zero-order valence-electron chi connectivity index (χ0n) is 18.8. The maximum Gasteiger partial charge on any atom is 0.271 e. The number of anilines is 1. The van der Waals surface area contributed by atoms with Crippen molar-refractivity contribution in [2.45, 2.75) is 20.3 Å². The molecule has 2 aromatic heterocycles. The molecule has 172 valence electrons. The van der Waals surface area contributed by atoms with E-state index < -0.39 is 0 Å². The van der Waals surface area contributed by atoms with Crippen LogP contribution >= 0.6 is 34.3 Å². The predicted octanol–water partition coefficient (Wildman–Crippen LogP) is 6.15. The van der Waals surface area contributed by atoms with E-state index >= 15 is 0 Å². The van der Waals surface area contributed by atoms with Gasteiger partial charge in [0.15, 0.2) is 5.13 Å². The van der Waals surface area contributed by atoms with Crippen LogP contribution in [0.2, 0.25) is 5.02 Å². The smallest absolute Gasteiger partial charge is 0.271 e. The van der Waals surface area contributed by atoms with Gasteiger partial charge in [-0.05, 0) is 49.6 Å². The van der Waals surface area contributed by atoms with Crippen molar-refractivity contribution in [1.82, 2.24) is 9.88 Å². The summed E-state index contributed by atoms with van der Waals surface area (Å²) in [7, 11) is 0. The normalized spacial score (nSPS) is 14.9. The van der Waals surface area contributed by atoms with Crippen molar-refractivity contribution in [3.63, 3.8) is 0 Å². The van der Waals surface area contributed by atoms with E-state index in [4.69, 9.17) is 21.3 Å². The lowest BCUT2D eigenvalue weighted by Crippen LogP contribution is -2.39. The molecule has 4 aromatic rings. The van der Waals surface area contributed by atoms with Crippen LogP contribution in [0.25, 0.3) is 20.3 Å². The molecular weight excluding hydrogens is 474 g/mol. The van der Waals surface area contributed by atoms with Crippen LogP contribution in [0.4, 0.5) is 5.13 Å². The highest BCUT2D eigenvalue weighted by Gasteiger charge is 2.26. The summed E-state index contributed by atoms with van der Waals surface area (Å²) in [6.45, 7) is 9.15. The Labute approximate surface area is 206 Å². The Morgan fingerprint density at radius 1 is 1.12 bits per heavy atom. The number of halogens is 1. The van der Waals surface area contributed by atoms with Crippen LogP contribution in [0.1, 0.15) is 27.2 Å². The van der Waals surface area contributed by atoms with Crippen LogP contribution in [0, 0.1) is 13.8 Å². The first kappa shape index (κ1) is 22.7. The first-order valence-corrected chi connectivity index (χ1v) is 13.2. The molecule has 5 rings (SSSR count). The SMILES string of the molecule is Cc1cc2nc(N(CCCN3CCOCC3)C(=O)c3sc4ccccc4c3Cl)sc2cc1C. The highest BCUT2D eigenvalue weighted by atomic mass is 35.5. The third-order valence-corrected chi connectivity index (χ3v) is 8.86. The predicted molar refractivity (Wildman–Crippen MR) is 139 cm³/mol. The number of morpholine rings is 1. The summed E-state index contributed by atoms with van der Waals surface area (Å²) in [5.41, 5.74) is 3.37. The highest BCUT2D eigenvalue weighted by molar-refractivity contribution is 7.23. The molecule has 2 aromatic carbocycles. The number of amides is 1. The zero-order chi connectivity index (χ0) is 22.9. The van der Waals surface area contributed by atoms with Crippen molar-refractivity contribution in [2.75, 3.05) is 44.3 Å². The molecule has 0 radical (unpaired) electrons. The summed E-state index contributed by atoms with van der Waals surface area (Å²) >= 11 is 9.71. The van der Waals surface area contributed by atoms with Gasteiger partial charge in [0, 0.05) is 36.3 Å². The molecule has 5 nitrogen and oxygen atoms in total. The molecule has 1 fully saturated rings. The van der Waals surface area contributed by atoms with Gasteiger partial charge < -0.3 is 4.74 Å². The number of aromatic nitrogens is 1. The van der Waals surface area contributed by atoms with Crippen molar-refractivity contribution in [3.8, 4) is 0 Å². The summed E-state index contributed by atoms with van der Waals surface area (Å²) in [6.07, 6.45) is 0.863. The van der Waals surface area contributed by atoms with Crippen LogP contribution in [0.3, 0.4) is 0 Å². The van der Waals surface area contributed by atoms with Gasteiger partial charge in [0.05, 0.1) is 28.5 Å². The van der Waals surface area contributed by atoms with Crippen molar-refractivity contribution >= 4 is 65.6 Å². The third-order valence-electron chi connectivity index (χ3n) is 6.16. The summed E-state index contributed by atoms with van der Waals surface area (Å²) in [6, 6.07) is 12.2. The molecule has 3 heterocycles. The number of hydrogen-bond donors (Lipinski definition) is 0. The van der Waals surface area contributed by atoms with Gasteiger partial charge in [0.2, 0.25) is 0 Å². The second-order valence-corrected chi connectivity index (χ2v) is 10.8. The van der Waals surface area contributed by atoms with E-state index in [9.17, 15) is 4.79 Å².